The molecule has 0 bridgehead atoms. The zero-order valence-electron chi connectivity index (χ0n) is 13.7. The molecular formula is C17H17N3O5. The van der Waals surface area contributed by atoms with Crippen LogP contribution < -0.4 is 15.4 Å². The number of nitro benzene ring substituents is 1. The fourth-order valence-corrected chi connectivity index (χ4v) is 2.16. The van der Waals surface area contributed by atoms with E-state index in [-0.39, 0.29) is 29.5 Å². The molecule has 8 nitrogen and oxygen atoms in total. The SMILES string of the molecule is CCOc1ccc(C(=O)Nc2cccc(NC(C)=O)c2)cc1[N+](=O)[O-]. The second kappa shape index (κ2) is 7.91. The van der Waals surface area contributed by atoms with Crippen molar-refractivity contribution in [2.24, 2.45) is 0 Å². The standard InChI is InChI=1S/C17H17N3O5/c1-3-25-16-8-7-12(9-15(16)20(23)24)17(22)19-14-6-4-5-13(10-14)18-11(2)21/h4-10H,3H2,1-2H3,(H,18,21)(H,19,22). The summed E-state index contributed by atoms with van der Waals surface area (Å²) in [5.41, 5.74) is 0.831. The number of ether oxygens (including phenoxy) is 1. The summed E-state index contributed by atoms with van der Waals surface area (Å²) in [6.45, 7) is 3.37. The first-order valence-electron chi connectivity index (χ1n) is 7.51. The molecule has 0 atom stereocenters. The lowest BCUT2D eigenvalue weighted by molar-refractivity contribution is -0.385. The molecule has 8 heteroatoms. The average molecular weight is 343 g/mol. The first kappa shape index (κ1) is 17.9. The molecule has 130 valence electrons. The van der Waals surface area contributed by atoms with Crippen molar-refractivity contribution in [2.45, 2.75) is 13.8 Å². The second-order valence-corrected chi connectivity index (χ2v) is 5.09. The quantitative estimate of drug-likeness (QED) is 0.618. The Bertz CT molecular complexity index is 820. The molecule has 2 aromatic rings. The molecule has 2 aromatic carbocycles. The molecule has 0 spiro atoms. The number of carbonyl (C=O) groups is 2. The molecule has 0 aromatic heterocycles. The third-order valence-electron chi connectivity index (χ3n) is 3.16. The van der Waals surface area contributed by atoms with Gasteiger partial charge in [-0.25, -0.2) is 0 Å². The van der Waals surface area contributed by atoms with Crippen molar-refractivity contribution in [1.82, 2.24) is 0 Å². The van der Waals surface area contributed by atoms with E-state index < -0.39 is 10.8 Å². The lowest BCUT2D eigenvalue weighted by Crippen LogP contribution is -2.13. The summed E-state index contributed by atoms with van der Waals surface area (Å²) in [5, 5.41) is 16.4. The maximum Gasteiger partial charge on any atom is 0.311 e. The van der Waals surface area contributed by atoms with Crippen LogP contribution in [0.5, 0.6) is 5.75 Å². The molecule has 25 heavy (non-hydrogen) atoms. The smallest absolute Gasteiger partial charge is 0.311 e. The highest BCUT2D eigenvalue weighted by Crippen LogP contribution is 2.28. The van der Waals surface area contributed by atoms with Gasteiger partial charge in [0.25, 0.3) is 5.91 Å². The number of amides is 2. The Hall–Kier alpha value is -3.42. The second-order valence-electron chi connectivity index (χ2n) is 5.09. The topological polar surface area (TPSA) is 111 Å². The number of anilines is 2. The van der Waals surface area contributed by atoms with Crippen LogP contribution in [0.15, 0.2) is 42.5 Å². The van der Waals surface area contributed by atoms with Crippen LogP contribution in [0.3, 0.4) is 0 Å². The predicted molar refractivity (Wildman–Crippen MR) is 93.0 cm³/mol. The van der Waals surface area contributed by atoms with Gasteiger partial charge in [0.1, 0.15) is 0 Å². The van der Waals surface area contributed by atoms with Crippen molar-refractivity contribution in [3.63, 3.8) is 0 Å². The van der Waals surface area contributed by atoms with Gasteiger partial charge in [0, 0.05) is 29.9 Å². The third-order valence-corrected chi connectivity index (χ3v) is 3.16. The summed E-state index contributed by atoms with van der Waals surface area (Å²) in [4.78, 5) is 33.9. The molecule has 0 saturated heterocycles. The zero-order valence-corrected chi connectivity index (χ0v) is 13.7. The van der Waals surface area contributed by atoms with E-state index in [2.05, 4.69) is 10.6 Å². The van der Waals surface area contributed by atoms with E-state index >= 15 is 0 Å². The summed E-state index contributed by atoms with van der Waals surface area (Å²) in [5.74, 6) is -0.631. The third kappa shape index (κ3) is 4.77. The molecule has 2 N–H and O–H groups in total. The normalized spacial score (nSPS) is 10.0. The van der Waals surface area contributed by atoms with E-state index in [0.717, 1.165) is 6.07 Å². The van der Waals surface area contributed by atoms with Crippen molar-refractivity contribution < 1.29 is 19.2 Å². The molecule has 0 heterocycles. The maximum atomic E-state index is 12.3. The van der Waals surface area contributed by atoms with E-state index in [1.807, 2.05) is 0 Å². The Morgan fingerprint density at radius 1 is 1.12 bits per heavy atom. The molecule has 0 aliphatic carbocycles. The molecule has 0 aliphatic rings. The number of nitrogens with one attached hydrogen (secondary N) is 2. The predicted octanol–water partition coefficient (Wildman–Crippen LogP) is 3.20. The Balaban J connectivity index is 2.22. The molecule has 2 amide bonds. The van der Waals surface area contributed by atoms with Crippen LogP contribution in [0.4, 0.5) is 17.1 Å². The van der Waals surface area contributed by atoms with Gasteiger partial charge in [-0.3, -0.25) is 19.7 Å². The van der Waals surface area contributed by atoms with Gasteiger partial charge in [0.2, 0.25) is 5.91 Å². The highest BCUT2D eigenvalue weighted by atomic mass is 16.6. The van der Waals surface area contributed by atoms with Gasteiger partial charge < -0.3 is 15.4 Å². The van der Waals surface area contributed by atoms with Gasteiger partial charge in [0.15, 0.2) is 5.75 Å². The molecule has 0 aliphatic heterocycles. The van der Waals surface area contributed by atoms with Crippen molar-refractivity contribution >= 4 is 28.9 Å². The number of carbonyl (C=O) groups excluding carboxylic acids is 2. The van der Waals surface area contributed by atoms with E-state index in [9.17, 15) is 19.7 Å². The summed E-state index contributed by atoms with van der Waals surface area (Å²) in [7, 11) is 0. The summed E-state index contributed by atoms with van der Waals surface area (Å²) >= 11 is 0. The molecule has 2 rings (SSSR count). The van der Waals surface area contributed by atoms with Crippen LogP contribution in [-0.2, 0) is 4.79 Å². The number of nitrogens with zero attached hydrogens (tertiary/aromatic N) is 1. The van der Waals surface area contributed by atoms with E-state index in [1.54, 1.807) is 31.2 Å². The summed E-state index contributed by atoms with van der Waals surface area (Å²) in [6, 6.07) is 10.6. The minimum Gasteiger partial charge on any atom is -0.487 e. The molecule has 0 saturated carbocycles. The van der Waals surface area contributed by atoms with Gasteiger partial charge in [-0.05, 0) is 37.3 Å². The van der Waals surface area contributed by atoms with Crippen LogP contribution in [0, 0.1) is 10.1 Å². The van der Waals surface area contributed by atoms with Gasteiger partial charge >= 0.3 is 5.69 Å². The molecular weight excluding hydrogens is 326 g/mol. The number of hydrogen-bond acceptors (Lipinski definition) is 5. The number of benzene rings is 2. The van der Waals surface area contributed by atoms with Gasteiger partial charge in [-0.2, -0.15) is 0 Å². The van der Waals surface area contributed by atoms with Crippen LogP contribution in [0.25, 0.3) is 0 Å². The monoisotopic (exact) mass is 343 g/mol. The van der Waals surface area contributed by atoms with E-state index in [4.69, 9.17) is 4.74 Å². The van der Waals surface area contributed by atoms with Crippen LogP contribution >= 0.6 is 0 Å². The first-order chi connectivity index (χ1) is 11.9. The number of nitro groups is 1. The fourth-order valence-electron chi connectivity index (χ4n) is 2.16. The summed E-state index contributed by atoms with van der Waals surface area (Å²) < 4.78 is 5.19. The average Bonchev–Trinajstić information content (AvgIpc) is 2.55. The zero-order chi connectivity index (χ0) is 18.4. The van der Waals surface area contributed by atoms with Crippen molar-refractivity contribution in [1.29, 1.82) is 0 Å². The van der Waals surface area contributed by atoms with E-state index in [1.165, 1.54) is 19.1 Å². The van der Waals surface area contributed by atoms with Crippen LogP contribution in [-0.4, -0.2) is 23.3 Å². The lowest BCUT2D eigenvalue weighted by atomic mass is 10.1. The van der Waals surface area contributed by atoms with Gasteiger partial charge in [-0.15, -0.1) is 0 Å². The Morgan fingerprint density at radius 2 is 1.80 bits per heavy atom. The van der Waals surface area contributed by atoms with E-state index in [0.29, 0.717) is 11.4 Å². The highest BCUT2D eigenvalue weighted by Gasteiger charge is 2.18. The Labute approximate surface area is 144 Å². The minimum absolute atomic E-state index is 0.108. The molecule has 0 unspecified atom stereocenters. The van der Waals surface area contributed by atoms with Crippen molar-refractivity contribution in [3.8, 4) is 5.75 Å². The van der Waals surface area contributed by atoms with Crippen LogP contribution in [0.2, 0.25) is 0 Å². The van der Waals surface area contributed by atoms with Crippen molar-refractivity contribution in [3.05, 3.63) is 58.1 Å². The lowest BCUT2D eigenvalue weighted by Gasteiger charge is -2.09. The summed E-state index contributed by atoms with van der Waals surface area (Å²) in [6.07, 6.45) is 0. The largest absolute Gasteiger partial charge is 0.487 e. The van der Waals surface area contributed by atoms with Crippen molar-refractivity contribution in [2.75, 3.05) is 17.2 Å². The first-order valence-corrected chi connectivity index (χ1v) is 7.51. The highest BCUT2D eigenvalue weighted by molar-refractivity contribution is 6.05. The Morgan fingerprint density at radius 3 is 2.40 bits per heavy atom. The van der Waals surface area contributed by atoms with Gasteiger partial charge in [0.05, 0.1) is 11.5 Å². The number of rotatable bonds is 6. The molecule has 0 fully saturated rings. The van der Waals surface area contributed by atoms with Gasteiger partial charge in [-0.1, -0.05) is 6.07 Å². The van der Waals surface area contributed by atoms with Crippen LogP contribution in [0.1, 0.15) is 24.2 Å². The molecule has 0 radical (unpaired) electrons. The number of hydrogen-bond donors (Lipinski definition) is 2. The minimum atomic E-state index is -0.598. The maximum absolute atomic E-state index is 12.3. The fraction of sp³-hybridized carbons (Fsp3) is 0.176. The Kier molecular flexibility index (Phi) is 5.67.